The summed E-state index contributed by atoms with van der Waals surface area (Å²) in [6.07, 6.45) is 2.06. The van der Waals surface area contributed by atoms with Crippen LogP contribution in [0.25, 0.3) is 10.9 Å². The Morgan fingerprint density at radius 1 is 1.35 bits per heavy atom. The smallest absolute Gasteiger partial charge is 0.399 e. The van der Waals surface area contributed by atoms with Gasteiger partial charge in [-0.05, 0) is 60.8 Å². The van der Waals surface area contributed by atoms with Gasteiger partial charge in [-0.3, -0.25) is 4.79 Å². The van der Waals surface area contributed by atoms with Crippen LogP contribution in [0.15, 0.2) is 28.9 Å². The molecule has 1 amide bonds. The molecule has 142 valence electrons. The summed E-state index contributed by atoms with van der Waals surface area (Å²) >= 11 is 3.52. The summed E-state index contributed by atoms with van der Waals surface area (Å²) in [7, 11) is 0.385. The van der Waals surface area contributed by atoms with Gasteiger partial charge in [0.25, 0.3) is 0 Å². The van der Waals surface area contributed by atoms with Gasteiger partial charge in [0.15, 0.2) is 0 Å². The minimum atomic E-state index is -1.01. The van der Waals surface area contributed by atoms with Crippen molar-refractivity contribution in [3.63, 3.8) is 0 Å². The van der Waals surface area contributed by atoms with Crippen molar-refractivity contribution in [2.24, 2.45) is 5.92 Å². The highest BCUT2D eigenvalue weighted by atomic mass is 79.9. The van der Waals surface area contributed by atoms with Gasteiger partial charge in [0.05, 0.1) is 18.5 Å². The van der Waals surface area contributed by atoms with Gasteiger partial charge in [0, 0.05) is 16.1 Å². The molecule has 1 atom stereocenters. The van der Waals surface area contributed by atoms with E-state index in [1.54, 1.807) is 0 Å². The van der Waals surface area contributed by atoms with E-state index in [0.29, 0.717) is 12.5 Å². The van der Waals surface area contributed by atoms with Gasteiger partial charge in [-0.25, -0.2) is 4.79 Å². The number of hydrogen-bond acceptors (Lipinski definition) is 4. The summed E-state index contributed by atoms with van der Waals surface area (Å²) in [5.74, 6) is -0.549. The first kappa shape index (κ1) is 20.5. The van der Waals surface area contributed by atoms with E-state index in [0.717, 1.165) is 20.9 Å². The van der Waals surface area contributed by atoms with Crippen LogP contribution >= 0.6 is 15.9 Å². The molecule has 0 saturated heterocycles. The van der Waals surface area contributed by atoms with E-state index < -0.39 is 21.4 Å². The van der Waals surface area contributed by atoms with Crippen LogP contribution in [0.3, 0.4) is 0 Å². The number of ether oxygens (including phenoxy) is 2. The number of hydrogen-bond donors (Lipinski definition) is 2. The summed E-state index contributed by atoms with van der Waals surface area (Å²) < 4.78 is 11.2. The van der Waals surface area contributed by atoms with E-state index in [1.165, 1.54) is 7.11 Å². The Labute approximate surface area is 164 Å². The monoisotopic (exact) mass is 440 g/mol. The lowest BCUT2D eigenvalue weighted by atomic mass is 10.0. The molecule has 2 N–H and O–H groups in total. The van der Waals surface area contributed by atoms with Gasteiger partial charge in [-0.2, -0.15) is 0 Å². The summed E-state index contributed by atoms with van der Waals surface area (Å²) in [6, 6.07) is 6.57. The summed E-state index contributed by atoms with van der Waals surface area (Å²) in [5.41, 5.74) is 1.54. The van der Waals surface area contributed by atoms with Gasteiger partial charge >= 0.3 is 12.1 Å². The van der Waals surface area contributed by atoms with Crippen molar-refractivity contribution in [2.45, 2.75) is 38.8 Å². The minimum Gasteiger partial charge on any atom is -0.469 e. The van der Waals surface area contributed by atoms with E-state index in [-0.39, 0.29) is 11.9 Å². The fourth-order valence-electron chi connectivity index (χ4n) is 2.74. The lowest BCUT2D eigenvalue weighted by Crippen LogP contribution is -2.36. The molecule has 0 spiro atoms. The normalized spacial score (nSPS) is 13.1. The third-order valence-corrected chi connectivity index (χ3v) is 6.10. The largest absolute Gasteiger partial charge is 0.469 e. The third-order valence-electron chi connectivity index (χ3n) is 3.91. The first-order valence-corrected chi connectivity index (χ1v) is 11.0. The number of aromatic nitrogens is 1. The molecular weight excluding hydrogens is 416 g/mol. The molecule has 0 saturated carbocycles. The van der Waals surface area contributed by atoms with Crippen LogP contribution in [0.2, 0.25) is 6.04 Å². The number of fused-ring (bicyclic) bond motifs is 1. The lowest BCUT2D eigenvalue weighted by Gasteiger charge is -2.20. The molecule has 2 aromatic rings. The number of nitrogens with one attached hydrogen (secondary N) is 2. The Bertz CT molecular complexity index is 785. The zero-order valence-electron chi connectivity index (χ0n) is 15.5. The summed E-state index contributed by atoms with van der Waals surface area (Å²) in [4.78, 5) is 30.0. The predicted octanol–water partition coefficient (Wildman–Crippen LogP) is 3.29. The molecular formula is C18H25BrN2O4Si. The summed E-state index contributed by atoms with van der Waals surface area (Å²) in [6.45, 7) is 5.46. The van der Waals surface area contributed by atoms with Crippen LogP contribution in [0.5, 0.6) is 0 Å². The van der Waals surface area contributed by atoms with Crippen molar-refractivity contribution in [3.05, 3.63) is 34.4 Å². The van der Waals surface area contributed by atoms with Crippen molar-refractivity contribution in [1.82, 2.24) is 9.97 Å². The number of aromatic amines is 1. The Morgan fingerprint density at radius 3 is 2.73 bits per heavy atom. The molecule has 0 aliphatic carbocycles. The molecule has 0 bridgehead atoms. The summed E-state index contributed by atoms with van der Waals surface area (Å²) in [5, 5.41) is 1.08. The first-order valence-electron chi connectivity index (χ1n) is 8.50. The number of carbonyl (C=O) groups excluding carboxylic acids is 2. The SMILES string of the molecule is COC(=O)[C@@H](C[SiH2]NC(=O)OC(C)(C)C)Cc1c[nH]c2c(Br)cccc12. The van der Waals surface area contributed by atoms with Crippen LogP contribution in [-0.4, -0.2) is 39.4 Å². The van der Waals surface area contributed by atoms with Crippen molar-refractivity contribution in [3.8, 4) is 0 Å². The van der Waals surface area contributed by atoms with Crippen molar-refractivity contribution < 1.29 is 19.1 Å². The van der Waals surface area contributed by atoms with Gasteiger partial charge in [-0.1, -0.05) is 12.1 Å². The maximum Gasteiger partial charge on any atom is 0.399 e. The van der Waals surface area contributed by atoms with Gasteiger partial charge in [0.1, 0.15) is 15.3 Å². The number of carbonyl (C=O) groups is 2. The van der Waals surface area contributed by atoms with Crippen molar-refractivity contribution in [2.75, 3.05) is 7.11 Å². The Hall–Kier alpha value is -1.80. The Kier molecular flexibility index (Phi) is 6.88. The van der Waals surface area contributed by atoms with Gasteiger partial charge in [0.2, 0.25) is 0 Å². The Morgan fingerprint density at radius 2 is 2.08 bits per heavy atom. The molecule has 6 nitrogen and oxygen atoms in total. The zero-order valence-corrected chi connectivity index (χ0v) is 18.5. The van der Waals surface area contributed by atoms with Gasteiger partial charge < -0.3 is 19.4 Å². The number of para-hydroxylation sites is 1. The molecule has 2 rings (SSSR count). The average Bonchev–Trinajstić information content (AvgIpc) is 2.96. The predicted molar refractivity (Wildman–Crippen MR) is 108 cm³/mol. The molecule has 0 radical (unpaired) electrons. The molecule has 0 unspecified atom stereocenters. The van der Waals surface area contributed by atoms with Crippen LogP contribution < -0.4 is 4.98 Å². The minimum absolute atomic E-state index is 0.257. The van der Waals surface area contributed by atoms with E-state index in [2.05, 4.69) is 25.9 Å². The van der Waals surface area contributed by atoms with Crippen LogP contribution in [0, 0.1) is 5.92 Å². The fourth-order valence-corrected chi connectivity index (χ4v) is 4.43. The van der Waals surface area contributed by atoms with Crippen LogP contribution in [-0.2, 0) is 20.7 Å². The van der Waals surface area contributed by atoms with Gasteiger partial charge in [-0.15, -0.1) is 0 Å². The Balaban J connectivity index is 2.02. The number of methoxy groups -OCH3 is 1. The highest BCUT2D eigenvalue weighted by Crippen LogP contribution is 2.28. The number of halogens is 1. The molecule has 8 heteroatoms. The van der Waals surface area contributed by atoms with Crippen molar-refractivity contribution >= 4 is 48.6 Å². The first-order chi connectivity index (χ1) is 12.2. The second kappa shape index (κ2) is 8.72. The standard InChI is InChI=1S/C18H25BrN2O4Si/c1-18(2,3)25-17(23)21-26-10-12(16(22)24-4)8-11-9-20-15-13(11)6-5-7-14(15)19/h5-7,9,12,20H,8,10,26H2,1-4H3,(H,21,23)/t12-/m1/s1. The fraction of sp³-hybridized carbons (Fsp3) is 0.444. The average molecular weight is 441 g/mol. The van der Waals surface area contributed by atoms with Crippen LogP contribution in [0.4, 0.5) is 4.79 Å². The van der Waals surface area contributed by atoms with E-state index in [1.807, 2.05) is 45.2 Å². The maximum absolute atomic E-state index is 12.2. The van der Waals surface area contributed by atoms with E-state index in [9.17, 15) is 9.59 Å². The topological polar surface area (TPSA) is 80.4 Å². The number of H-pyrrole nitrogens is 1. The molecule has 1 heterocycles. The number of esters is 1. The second-order valence-corrected chi connectivity index (χ2v) is 9.40. The molecule has 0 aliphatic rings. The highest BCUT2D eigenvalue weighted by molar-refractivity contribution is 9.10. The number of rotatable bonds is 6. The maximum atomic E-state index is 12.2. The molecule has 1 aromatic carbocycles. The molecule has 0 aliphatic heterocycles. The van der Waals surface area contributed by atoms with Crippen molar-refractivity contribution in [1.29, 1.82) is 0 Å². The van der Waals surface area contributed by atoms with E-state index >= 15 is 0 Å². The number of benzene rings is 1. The number of amides is 1. The van der Waals surface area contributed by atoms with Crippen LogP contribution in [0.1, 0.15) is 26.3 Å². The lowest BCUT2D eigenvalue weighted by molar-refractivity contribution is -0.144. The second-order valence-electron chi connectivity index (χ2n) is 7.12. The van der Waals surface area contributed by atoms with E-state index in [4.69, 9.17) is 9.47 Å². The zero-order chi connectivity index (χ0) is 19.3. The third kappa shape index (κ3) is 5.60. The molecule has 0 fully saturated rings. The highest BCUT2D eigenvalue weighted by Gasteiger charge is 2.23. The quantitative estimate of drug-likeness (QED) is 0.533. The molecule has 26 heavy (non-hydrogen) atoms. The molecule has 1 aromatic heterocycles.